The fourth-order valence-corrected chi connectivity index (χ4v) is 4.47. The first-order valence-electron chi connectivity index (χ1n) is 8.46. The first-order valence-corrected chi connectivity index (χ1v) is 9.90. The zero-order chi connectivity index (χ0) is 18.7. The highest BCUT2D eigenvalue weighted by Crippen LogP contribution is 2.17. The number of aromatic nitrogens is 2. The Morgan fingerprint density at radius 2 is 1.65 bits per heavy atom. The molecule has 1 fully saturated rings. The minimum Gasteiger partial charge on any atom is -0.311 e. The molecular formula is C17H22N4O4S. The third-order valence-electron chi connectivity index (χ3n) is 4.51. The molecule has 1 saturated heterocycles. The van der Waals surface area contributed by atoms with E-state index in [4.69, 9.17) is 0 Å². The van der Waals surface area contributed by atoms with Crippen molar-refractivity contribution in [2.24, 2.45) is 0 Å². The van der Waals surface area contributed by atoms with Gasteiger partial charge in [-0.1, -0.05) is 18.2 Å². The van der Waals surface area contributed by atoms with E-state index in [-0.39, 0.29) is 12.1 Å². The lowest BCUT2D eigenvalue weighted by atomic mass is 10.3. The average Bonchev–Trinajstić information content (AvgIpc) is 2.62. The van der Waals surface area contributed by atoms with Gasteiger partial charge in [0.05, 0.1) is 4.90 Å². The molecule has 0 amide bonds. The zero-order valence-corrected chi connectivity index (χ0v) is 15.4. The Balaban J connectivity index is 1.60. The van der Waals surface area contributed by atoms with Crippen molar-refractivity contribution in [3.63, 3.8) is 0 Å². The van der Waals surface area contributed by atoms with Crippen LogP contribution in [-0.2, 0) is 16.6 Å². The van der Waals surface area contributed by atoms with Gasteiger partial charge in [0.2, 0.25) is 10.0 Å². The maximum absolute atomic E-state index is 12.6. The van der Waals surface area contributed by atoms with Crippen LogP contribution in [-0.4, -0.2) is 59.9 Å². The van der Waals surface area contributed by atoms with Gasteiger partial charge in [-0.05, 0) is 19.1 Å². The lowest BCUT2D eigenvalue weighted by Gasteiger charge is -2.33. The monoisotopic (exact) mass is 378 g/mol. The van der Waals surface area contributed by atoms with Crippen LogP contribution in [0.25, 0.3) is 0 Å². The molecule has 1 N–H and O–H groups in total. The van der Waals surface area contributed by atoms with E-state index in [1.165, 1.54) is 14.9 Å². The van der Waals surface area contributed by atoms with Gasteiger partial charge in [-0.25, -0.2) is 13.2 Å². The summed E-state index contributed by atoms with van der Waals surface area (Å²) < 4.78 is 27.9. The van der Waals surface area contributed by atoms with Crippen molar-refractivity contribution in [3.05, 3.63) is 62.9 Å². The number of piperazine rings is 1. The summed E-state index contributed by atoms with van der Waals surface area (Å²) in [7, 11) is -3.47. The Labute approximate surface area is 151 Å². The van der Waals surface area contributed by atoms with Gasteiger partial charge < -0.3 is 4.98 Å². The second-order valence-electron chi connectivity index (χ2n) is 6.31. The molecule has 2 aromatic rings. The number of H-pyrrole nitrogens is 1. The van der Waals surface area contributed by atoms with Crippen LogP contribution < -0.4 is 11.2 Å². The largest absolute Gasteiger partial charge is 0.328 e. The number of aromatic amines is 1. The summed E-state index contributed by atoms with van der Waals surface area (Å²) in [4.78, 5) is 28.8. The Morgan fingerprint density at radius 1 is 1.00 bits per heavy atom. The van der Waals surface area contributed by atoms with Crippen molar-refractivity contribution in [2.45, 2.75) is 18.4 Å². The van der Waals surface area contributed by atoms with Crippen molar-refractivity contribution in [3.8, 4) is 0 Å². The lowest BCUT2D eigenvalue weighted by molar-refractivity contribution is 0.181. The standard InChI is InChI=1S/C17H22N4O4S/c1-14-13-16(22)21(17(23)18-14)12-9-19-7-10-20(11-8-19)26(24,25)15-5-3-2-4-6-15/h2-6,13H,7-12H2,1H3,(H,18,23). The van der Waals surface area contributed by atoms with Crippen LogP contribution in [0.2, 0.25) is 0 Å². The highest BCUT2D eigenvalue weighted by molar-refractivity contribution is 7.89. The summed E-state index contributed by atoms with van der Waals surface area (Å²) in [5.74, 6) is 0. The molecule has 9 heteroatoms. The van der Waals surface area contributed by atoms with Gasteiger partial charge in [0.1, 0.15) is 0 Å². The second-order valence-corrected chi connectivity index (χ2v) is 8.24. The number of hydrogen-bond donors (Lipinski definition) is 1. The topological polar surface area (TPSA) is 95.5 Å². The lowest BCUT2D eigenvalue weighted by Crippen LogP contribution is -2.50. The summed E-state index contributed by atoms with van der Waals surface area (Å²) in [6.45, 7) is 4.35. The fraction of sp³-hybridized carbons (Fsp3) is 0.412. The highest BCUT2D eigenvalue weighted by Gasteiger charge is 2.28. The average molecular weight is 378 g/mol. The Morgan fingerprint density at radius 3 is 2.27 bits per heavy atom. The molecule has 1 aromatic carbocycles. The molecular weight excluding hydrogens is 356 g/mol. The van der Waals surface area contributed by atoms with Gasteiger partial charge in [0.25, 0.3) is 5.56 Å². The van der Waals surface area contributed by atoms with Crippen LogP contribution in [0.3, 0.4) is 0 Å². The van der Waals surface area contributed by atoms with Crippen molar-refractivity contribution in [1.82, 2.24) is 18.8 Å². The number of nitrogens with zero attached hydrogens (tertiary/aromatic N) is 3. The number of hydrogen-bond acceptors (Lipinski definition) is 5. The Bertz CT molecular complexity index is 943. The third-order valence-corrected chi connectivity index (χ3v) is 6.42. The molecule has 140 valence electrons. The Kier molecular flexibility index (Phi) is 5.40. The molecule has 0 unspecified atom stereocenters. The molecule has 0 saturated carbocycles. The highest BCUT2D eigenvalue weighted by atomic mass is 32.2. The van der Waals surface area contributed by atoms with Gasteiger partial charge in [0, 0.05) is 51.0 Å². The summed E-state index contributed by atoms with van der Waals surface area (Å²) in [5.41, 5.74) is -0.201. The van der Waals surface area contributed by atoms with Gasteiger partial charge in [0.15, 0.2) is 0 Å². The molecule has 0 aliphatic carbocycles. The van der Waals surface area contributed by atoms with Crippen molar-refractivity contribution < 1.29 is 8.42 Å². The van der Waals surface area contributed by atoms with E-state index in [9.17, 15) is 18.0 Å². The number of sulfonamides is 1. The SMILES string of the molecule is Cc1cc(=O)n(CCN2CCN(S(=O)(=O)c3ccccc3)CC2)c(=O)[nH]1. The predicted octanol–water partition coefficient (Wildman–Crippen LogP) is -0.148. The summed E-state index contributed by atoms with van der Waals surface area (Å²) in [5, 5.41) is 0. The third kappa shape index (κ3) is 3.95. The van der Waals surface area contributed by atoms with Crippen LogP contribution in [0.5, 0.6) is 0 Å². The molecule has 26 heavy (non-hydrogen) atoms. The number of nitrogens with one attached hydrogen (secondary N) is 1. The quantitative estimate of drug-likeness (QED) is 0.781. The van der Waals surface area contributed by atoms with Gasteiger partial charge >= 0.3 is 5.69 Å². The van der Waals surface area contributed by atoms with E-state index >= 15 is 0 Å². The minimum atomic E-state index is -3.47. The molecule has 0 spiro atoms. The van der Waals surface area contributed by atoms with Gasteiger partial charge in [-0.15, -0.1) is 0 Å². The molecule has 2 heterocycles. The molecule has 1 aromatic heterocycles. The van der Waals surface area contributed by atoms with Crippen LogP contribution in [0.15, 0.2) is 50.9 Å². The maximum atomic E-state index is 12.6. The fourth-order valence-electron chi connectivity index (χ4n) is 3.02. The number of aryl methyl sites for hydroxylation is 1. The second kappa shape index (κ2) is 7.56. The van der Waals surface area contributed by atoms with E-state index in [1.54, 1.807) is 37.3 Å². The van der Waals surface area contributed by atoms with E-state index in [2.05, 4.69) is 9.88 Å². The van der Waals surface area contributed by atoms with E-state index in [0.29, 0.717) is 43.3 Å². The first kappa shape index (κ1) is 18.6. The van der Waals surface area contributed by atoms with Crippen LogP contribution >= 0.6 is 0 Å². The van der Waals surface area contributed by atoms with Crippen LogP contribution in [0.1, 0.15) is 5.69 Å². The predicted molar refractivity (Wildman–Crippen MR) is 97.7 cm³/mol. The normalized spacial score (nSPS) is 16.7. The molecule has 1 aliphatic rings. The van der Waals surface area contributed by atoms with Crippen molar-refractivity contribution >= 4 is 10.0 Å². The van der Waals surface area contributed by atoms with Gasteiger partial charge in [-0.2, -0.15) is 4.31 Å². The number of rotatable bonds is 5. The molecule has 8 nitrogen and oxygen atoms in total. The van der Waals surface area contributed by atoms with Crippen LogP contribution in [0.4, 0.5) is 0 Å². The van der Waals surface area contributed by atoms with Gasteiger partial charge in [-0.3, -0.25) is 14.3 Å². The molecule has 3 rings (SSSR count). The van der Waals surface area contributed by atoms with E-state index in [1.807, 2.05) is 0 Å². The smallest absolute Gasteiger partial charge is 0.311 e. The molecule has 0 radical (unpaired) electrons. The zero-order valence-electron chi connectivity index (χ0n) is 14.6. The number of benzene rings is 1. The van der Waals surface area contributed by atoms with Crippen LogP contribution in [0, 0.1) is 6.92 Å². The molecule has 0 bridgehead atoms. The van der Waals surface area contributed by atoms with E-state index < -0.39 is 15.7 Å². The Hall–Kier alpha value is -2.23. The van der Waals surface area contributed by atoms with E-state index in [0.717, 1.165) is 0 Å². The van der Waals surface area contributed by atoms with Crippen molar-refractivity contribution in [2.75, 3.05) is 32.7 Å². The summed E-state index contributed by atoms with van der Waals surface area (Å²) in [6, 6.07) is 9.78. The van der Waals surface area contributed by atoms with Crippen molar-refractivity contribution in [1.29, 1.82) is 0 Å². The molecule has 0 atom stereocenters. The minimum absolute atomic E-state index is 0.278. The summed E-state index contributed by atoms with van der Waals surface area (Å²) in [6.07, 6.45) is 0. The summed E-state index contributed by atoms with van der Waals surface area (Å²) >= 11 is 0. The maximum Gasteiger partial charge on any atom is 0.328 e. The first-order chi connectivity index (χ1) is 12.4. The molecule has 1 aliphatic heterocycles.